The quantitative estimate of drug-likeness (QED) is 0.784. The van der Waals surface area contributed by atoms with Crippen molar-refractivity contribution in [2.45, 2.75) is 19.1 Å². The Balaban J connectivity index is 1.97. The van der Waals surface area contributed by atoms with Crippen LogP contribution < -0.4 is 11.1 Å². The summed E-state index contributed by atoms with van der Waals surface area (Å²) in [7, 11) is 0. The SMILES string of the molecule is NC(=O)NC(CC(=O)OCc1ccc(F)cc1)c1ccc(Cl)cc1. The fourth-order valence-electron chi connectivity index (χ4n) is 2.09. The number of hydrogen-bond donors (Lipinski definition) is 2. The van der Waals surface area contributed by atoms with Gasteiger partial charge in [0.1, 0.15) is 12.4 Å². The molecule has 0 aliphatic rings. The van der Waals surface area contributed by atoms with Crippen LogP contribution in [0.2, 0.25) is 5.02 Å². The number of hydrogen-bond acceptors (Lipinski definition) is 3. The third-order valence-corrected chi connectivity index (χ3v) is 3.52. The minimum atomic E-state index is -0.749. The van der Waals surface area contributed by atoms with Crippen molar-refractivity contribution < 1.29 is 18.7 Å². The molecule has 0 saturated carbocycles. The van der Waals surface area contributed by atoms with Crippen LogP contribution in [0.3, 0.4) is 0 Å². The summed E-state index contributed by atoms with van der Waals surface area (Å²) < 4.78 is 18.0. The lowest BCUT2D eigenvalue weighted by atomic mass is 10.0. The second-order valence-corrected chi connectivity index (χ2v) is 5.54. The van der Waals surface area contributed by atoms with Crippen LogP contribution in [-0.2, 0) is 16.1 Å². The zero-order chi connectivity index (χ0) is 17.5. The van der Waals surface area contributed by atoms with E-state index in [0.717, 1.165) is 0 Å². The molecule has 24 heavy (non-hydrogen) atoms. The number of nitrogens with two attached hydrogens (primary N) is 1. The van der Waals surface area contributed by atoms with Gasteiger partial charge in [-0.3, -0.25) is 4.79 Å². The number of esters is 1. The van der Waals surface area contributed by atoms with Gasteiger partial charge in [0.05, 0.1) is 12.5 Å². The Labute approximate surface area is 143 Å². The highest BCUT2D eigenvalue weighted by molar-refractivity contribution is 6.30. The molecule has 1 unspecified atom stereocenters. The number of benzene rings is 2. The van der Waals surface area contributed by atoms with E-state index in [1.165, 1.54) is 24.3 Å². The molecular formula is C17H16ClFN2O3. The molecule has 2 amide bonds. The molecule has 2 aromatic carbocycles. The second-order valence-electron chi connectivity index (χ2n) is 5.10. The Morgan fingerprint density at radius 1 is 1.12 bits per heavy atom. The van der Waals surface area contributed by atoms with Crippen molar-refractivity contribution in [3.63, 3.8) is 0 Å². The van der Waals surface area contributed by atoms with Crippen molar-refractivity contribution in [1.29, 1.82) is 0 Å². The number of primary amides is 1. The van der Waals surface area contributed by atoms with Gasteiger partial charge in [-0.05, 0) is 35.4 Å². The van der Waals surface area contributed by atoms with Gasteiger partial charge in [0, 0.05) is 5.02 Å². The third-order valence-electron chi connectivity index (χ3n) is 3.27. The van der Waals surface area contributed by atoms with Gasteiger partial charge in [-0.1, -0.05) is 35.9 Å². The Morgan fingerprint density at radius 3 is 2.33 bits per heavy atom. The van der Waals surface area contributed by atoms with Crippen LogP contribution in [0.25, 0.3) is 0 Å². The highest BCUT2D eigenvalue weighted by atomic mass is 35.5. The van der Waals surface area contributed by atoms with Crippen molar-refractivity contribution >= 4 is 23.6 Å². The van der Waals surface area contributed by atoms with Gasteiger partial charge in [-0.25, -0.2) is 9.18 Å². The van der Waals surface area contributed by atoms with Gasteiger partial charge in [-0.2, -0.15) is 0 Å². The van der Waals surface area contributed by atoms with Crippen molar-refractivity contribution in [1.82, 2.24) is 5.32 Å². The van der Waals surface area contributed by atoms with Crippen LogP contribution in [0.4, 0.5) is 9.18 Å². The van der Waals surface area contributed by atoms with Gasteiger partial charge in [0.25, 0.3) is 0 Å². The Morgan fingerprint density at radius 2 is 1.75 bits per heavy atom. The normalized spacial score (nSPS) is 11.6. The van der Waals surface area contributed by atoms with Crippen LogP contribution in [-0.4, -0.2) is 12.0 Å². The van der Waals surface area contributed by atoms with E-state index in [1.807, 2.05) is 0 Å². The van der Waals surface area contributed by atoms with E-state index < -0.39 is 18.0 Å². The minimum absolute atomic E-state index is 0.0169. The molecule has 2 rings (SSSR count). The van der Waals surface area contributed by atoms with Crippen LogP contribution in [0.1, 0.15) is 23.6 Å². The molecule has 0 radical (unpaired) electrons. The fourth-order valence-corrected chi connectivity index (χ4v) is 2.22. The molecule has 0 saturated heterocycles. The number of nitrogens with one attached hydrogen (secondary N) is 1. The fraction of sp³-hybridized carbons (Fsp3) is 0.176. The summed E-state index contributed by atoms with van der Waals surface area (Å²) in [6.07, 6.45) is -0.0915. The molecule has 1 atom stereocenters. The first-order chi connectivity index (χ1) is 11.4. The molecule has 0 spiro atoms. The monoisotopic (exact) mass is 350 g/mol. The molecule has 5 nitrogen and oxygen atoms in total. The minimum Gasteiger partial charge on any atom is -0.461 e. The summed E-state index contributed by atoms with van der Waals surface area (Å²) in [5.41, 5.74) is 6.49. The average molecular weight is 351 g/mol. The predicted molar refractivity (Wildman–Crippen MR) is 87.7 cm³/mol. The van der Waals surface area contributed by atoms with Crippen molar-refractivity contribution in [3.05, 3.63) is 70.5 Å². The average Bonchev–Trinajstić information content (AvgIpc) is 2.54. The summed E-state index contributed by atoms with van der Waals surface area (Å²) in [5, 5.41) is 3.03. The summed E-state index contributed by atoms with van der Waals surface area (Å²) >= 11 is 5.83. The van der Waals surface area contributed by atoms with Crippen molar-refractivity contribution in [2.75, 3.05) is 0 Å². The molecule has 0 aromatic heterocycles. The van der Waals surface area contributed by atoms with Gasteiger partial charge >= 0.3 is 12.0 Å². The predicted octanol–water partition coefficient (Wildman–Crippen LogP) is 3.32. The maximum atomic E-state index is 12.8. The Bertz CT molecular complexity index is 705. The van der Waals surface area contributed by atoms with Crippen molar-refractivity contribution in [3.8, 4) is 0 Å². The first-order valence-corrected chi connectivity index (χ1v) is 7.53. The zero-order valence-corrected chi connectivity index (χ0v) is 13.4. The van der Waals surface area contributed by atoms with E-state index in [-0.39, 0.29) is 18.8 Å². The molecule has 0 fully saturated rings. The van der Waals surface area contributed by atoms with Crippen LogP contribution in [0.15, 0.2) is 48.5 Å². The number of ether oxygens (including phenoxy) is 1. The maximum Gasteiger partial charge on any atom is 0.312 e. The molecule has 126 valence electrons. The van der Waals surface area contributed by atoms with E-state index >= 15 is 0 Å². The van der Waals surface area contributed by atoms with Gasteiger partial charge in [0.2, 0.25) is 0 Å². The van der Waals surface area contributed by atoms with E-state index in [4.69, 9.17) is 22.1 Å². The van der Waals surface area contributed by atoms with Gasteiger partial charge < -0.3 is 15.8 Å². The first-order valence-electron chi connectivity index (χ1n) is 7.15. The molecule has 3 N–H and O–H groups in total. The van der Waals surface area contributed by atoms with Gasteiger partial charge in [-0.15, -0.1) is 0 Å². The lowest BCUT2D eigenvalue weighted by Gasteiger charge is -2.17. The number of halogens is 2. The molecule has 0 bridgehead atoms. The molecule has 7 heteroatoms. The van der Waals surface area contributed by atoms with Crippen LogP contribution >= 0.6 is 11.6 Å². The van der Waals surface area contributed by atoms with Crippen LogP contribution in [0.5, 0.6) is 0 Å². The summed E-state index contributed by atoms with van der Waals surface area (Å²) in [4.78, 5) is 23.1. The van der Waals surface area contributed by atoms with E-state index in [2.05, 4.69) is 5.32 Å². The Hall–Kier alpha value is -2.60. The van der Waals surface area contributed by atoms with Crippen molar-refractivity contribution in [2.24, 2.45) is 5.73 Å². The highest BCUT2D eigenvalue weighted by Crippen LogP contribution is 2.20. The molecular weight excluding hydrogens is 335 g/mol. The second kappa shape index (κ2) is 8.31. The van der Waals surface area contributed by atoms with Crippen LogP contribution in [0, 0.1) is 5.82 Å². The Kier molecular flexibility index (Phi) is 6.14. The molecule has 0 aliphatic carbocycles. The summed E-state index contributed by atoms with van der Waals surface area (Å²) in [6, 6.07) is 10.9. The first kappa shape index (κ1) is 17.7. The molecule has 0 aliphatic heterocycles. The number of amides is 2. The standard InChI is InChI=1S/C17H16ClFN2O3/c18-13-5-3-12(4-6-13)15(21-17(20)23)9-16(22)24-10-11-1-7-14(19)8-2-11/h1-8,15H,9-10H2,(H3,20,21,23). The lowest BCUT2D eigenvalue weighted by Crippen LogP contribution is -2.34. The highest BCUT2D eigenvalue weighted by Gasteiger charge is 2.18. The molecule has 2 aromatic rings. The summed E-state index contributed by atoms with van der Waals surface area (Å²) in [5.74, 6) is -0.883. The maximum absolute atomic E-state index is 12.8. The largest absolute Gasteiger partial charge is 0.461 e. The van der Waals surface area contributed by atoms with E-state index in [1.54, 1.807) is 24.3 Å². The van der Waals surface area contributed by atoms with E-state index in [9.17, 15) is 14.0 Å². The number of carbonyl (C=O) groups is 2. The number of urea groups is 1. The molecule has 0 heterocycles. The summed E-state index contributed by atoms with van der Waals surface area (Å²) in [6.45, 7) is 0.0169. The number of rotatable bonds is 6. The topological polar surface area (TPSA) is 81.4 Å². The van der Waals surface area contributed by atoms with E-state index in [0.29, 0.717) is 16.1 Å². The smallest absolute Gasteiger partial charge is 0.312 e. The lowest BCUT2D eigenvalue weighted by molar-refractivity contribution is -0.145. The van der Waals surface area contributed by atoms with Gasteiger partial charge in [0.15, 0.2) is 0 Å². The number of carbonyl (C=O) groups excluding carboxylic acids is 2. The zero-order valence-electron chi connectivity index (χ0n) is 12.7. The third kappa shape index (κ3) is 5.55.